The van der Waals surface area contributed by atoms with E-state index in [1.54, 1.807) is 24.0 Å². The lowest BCUT2D eigenvalue weighted by molar-refractivity contribution is -0.137. The molecule has 0 spiro atoms. The van der Waals surface area contributed by atoms with Crippen LogP contribution < -0.4 is 0 Å². The Morgan fingerprint density at radius 1 is 1.25 bits per heavy atom. The molecule has 28 heavy (non-hydrogen) atoms. The van der Waals surface area contributed by atoms with Crippen LogP contribution in [0.25, 0.3) is 11.3 Å². The van der Waals surface area contributed by atoms with Crippen molar-refractivity contribution in [3.63, 3.8) is 0 Å². The summed E-state index contributed by atoms with van der Waals surface area (Å²) >= 11 is 7.70. The molecular formula is C22H21ClN2O2S. The van der Waals surface area contributed by atoms with E-state index in [0.29, 0.717) is 11.6 Å². The smallest absolute Gasteiger partial charge is 0.323 e. The molecule has 3 rings (SSSR count). The fourth-order valence-electron chi connectivity index (χ4n) is 3.16. The maximum absolute atomic E-state index is 11.4. The van der Waals surface area contributed by atoms with E-state index in [4.69, 9.17) is 11.6 Å². The van der Waals surface area contributed by atoms with Gasteiger partial charge in [-0.1, -0.05) is 48.1 Å². The van der Waals surface area contributed by atoms with Gasteiger partial charge in [0, 0.05) is 34.5 Å². The second kappa shape index (κ2) is 8.67. The minimum atomic E-state index is -0.884. The molecule has 2 heterocycles. The number of carbonyl (C=O) groups is 1. The fraction of sp³-hybridized carbons (Fsp3) is 0.182. The van der Waals surface area contributed by atoms with Crippen molar-refractivity contribution in [2.75, 3.05) is 0 Å². The summed E-state index contributed by atoms with van der Waals surface area (Å²) in [6.45, 7) is 7.83. The number of carboxylic acids is 1. The second-order valence-corrected chi connectivity index (χ2v) is 8.30. The van der Waals surface area contributed by atoms with Crippen molar-refractivity contribution < 1.29 is 9.90 Å². The van der Waals surface area contributed by atoms with E-state index in [1.165, 1.54) is 5.56 Å². The lowest BCUT2D eigenvalue weighted by Gasteiger charge is -2.11. The van der Waals surface area contributed by atoms with Crippen molar-refractivity contribution in [1.82, 2.24) is 9.55 Å². The molecule has 4 nitrogen and oxygen atoms in total. The zero-order chi connectivity index (χ0) is 20.3. The first-order valence-electron chi connectivity index (χ1n) is 8.79. The van der Waals surface area contributed by atoms with E-state index in [0.717, 1.165) is 32.3 Å². The molecule has 0 aliphatic carbocycles. The summed E-state index contributed by atoms with van der Waals surface area (Å²) in [7, 11) is 0. The van der Waals surface area contributed by atoms with Gasteiger partial charge in [-0.15, -0.1) is 0 Å². The molecule has 0 radical (unpaired) electrons. The number of aliphatic carboxylic acids is 1. The SMILES string of the molecule is C=C(C)Sc1ccccc1Cc1cc(-c2ccnc(Cl)c2)n(CC(=O)O)c1C. The summed E-state index contributed by atoms with van der Waals surface area (Å²) in [6, 6.07) is 13.9. The van der Waals surface area contributed by atoms with E-state index >= 15 is 0 Å². The van der Waals surface area contributed by atoms with Gasteiger partial charge in [0.15, 0.2) is 0 Å². The van der Waals surface area contributed by atoms with Crippen LogP contribution in [-0.4, -0.2) is 20.6 Å². The second-order valence-electron chi connectivity index (χ2n) is 6.58. The zero-order valence-electron chi connectivity index (χ0n) is 15.8. The Bertz CT molecular complexity index is 1040. The van der Waals surface area contributed by atoms with Crippen LogP contribution in [0.15, 0.2) is 65.0 Å². The average Bonchev–Trinajstić information content (AvgIpc) is 2.92. The van der Waals surface area contributed by atoms with Gasteiger partial charge in [-0.3, -0.25) is 4.79 Å². The third kappa shape index (κ3) is 4.66. The Morgan fingerprint density at radius 2 is 2.00 bits per heavy atom. The number of allylic oxidation sites excluding steroid dienone is 1. The van der Waals surface area contributed by atoms with E-state index < -0.39 is 5.97 Å². The van der Waals surface area contributed by atoms with E-state index in [9.17, 15) is 9.90 Å². The molecule has 0 fully saturated rings. The van der Waals surface area contributed by atoms with E-state index in [-0.39, 0.29) is 6.54 Å². The Kier molecular flexibility index (Phi) is 6.27. The van der Waals surface area contributed by atoms with Crippen LogP contribution in [0.2, 0.25) is 5.15 Å². The van der Waals surface area contributed by atoms with Crippen molar-refractivity contribution in [2.45, 2.75) is 31.7 Å². The van der Waals surface area contributed by atoms with Gasteiger partial charge in [-0.05, 0) is 54.1 Å². The number of hydrogen-bond donors (Lipinski definition) is 1. The number of aromatic nitrogens is 2. The summed E-state index contributed by atoms with van der Waals surface area (Å²) in [5.74, 6) is -0.884. The highest BCUT2D eigenvalue weighted by molar-refractivity contribution is 8.03. The number of carboxylic acid groups (broad SMARTS) is 1. The van der Waals surface area contributed by atoms with Crippen LogP contribution in [-0.2, 0) is 17.8 Å². The van der Waals surface area contributed by atoms with Crippen molar-refractivity contribution in [1.29, 1.82) is 0 Å². The van der Waals surface area contributed by atoms with Crippen LogP contribution in [0.4, 0.5) is 0 Å². The Labute approximate surface area is 173 Å². The maximum atomic E-state index is 11.4. The lowest BCUT2D eigenvalue weighted by atomic mass is 10.0. The molecule has 0 saturated heterocycles. The number of hydrogen-bond acceptors (Lipinski definition) is 3. The van der Waals surface area contributed by atoms with Crippen LogP contribution in [0.1, 0.15) is 23.7 Å². The molecule has 6 heteroatoms. The molecule has 3 aromatic rings. The Balaban J connectivity index is 2.06. The molecule has 0 bridgehead atoms. The Hall–Kier alpha value is -2.50. The van der Waals surface area contributed by atoms with Gasteiger partial charge < -0.3 is 9.67 Å². The summed E-state index contributed by atoms with van der Waals surface area (Å²) in [6.07, 6.45) is 2.34. The first kappa shape index (κ1) is 20.2. The van der Waals surface area contributed by atoms with Crippen LogP contribution >= 0.6 is 23.4 Å². The number of halogens is 1. The Morgan fingerprint density at radius 3 is 2.68 bits per heavy atom. The normalized spacial score (nSPS) is 10.8. The molecule has 1 N–H and O–H groups in total. The van der Waals surface area contributed by atoms with Gasteiger partial charge in [0.05, 0.1) is 0 Å². The predicted octanol–water partition coefficient (Wildman–Crippen LogP) is 5.81. The molecule has 144 valence electrons. The van der Waals surface area contributed by atoms with Crippen LogP contribution in [0.3, 0.4) is 0 Å². The molecule has 0 saturated carbocycles. The fourth-order valence-corrected chi connectivity index (χ4v) is 4.13. The molecule has 1 aromatic carbocycles. The zero-order valence-corrected chi connectivity index (χ0v) is 17.3. The van der Waals surface area contributed by atoms with Crippen molar-refractivity contribution in [3.8, 4) is 11.3 Å². The monoisotopic (exact) mass is 412 g/mol. The average molecular weight is 413 g/mol. The number of pyridine rings is 1. The number of thioether (sulfide) groups is 1. The van der Waals surface area contributed by atoms with Gasteiger partial charge in [-0.25, -0.2) is 4.98 Å². The van der Waals surface area contributed by atoms with Crippen molar-refractivity contribution in [3.05, 3.63) is 82.1 Å². The molecule has 0 atom stereocenters. The van der Waals surface area contributed by atoms with Gasteiger partial charge in [0.25, 0.3) is 0 Å². The van der Waals surface area contributed by atoms with E-state index in [1.807, 2.05) is 42.7 Å². The molecule has 0 aliphatic rings. The number of nitrogens with zero attached hydrogens (tertiary/aromatic N) is 2. The number of rotatable bonds is 7. The highest BCUT2D eigenvalue weighted by atomic mass is 35.5. The van der Waals surface area contributed by atoms with Gasteiger partial charge in [0.2, 0.25) is 0 Å². The van der Waals surface area contributed by atoms with E-state index in [2.05, 4.69) is 23.7 Å². The van der Waals surface area contributed by atoms with Gasteiger partial charge in [0.1, 0.15) is 11.7 Å². The summed E-state index contributed by atoms with van der Waals surface area (Å²) in [5.41, 5.74) is 4.87. The maximum Gasteiger partial charge on any atom is 0.323 e. The topological polar surface area (TPSA) is 55.1 Å². The lowest BCUT2D eigenvalue weighted by Crippen LogP contribution is -2.11. The first-order valence-corrected chi connectivity index (χ1v) is 9.98. The van der Waals surface area contributed by atoms with Crippen molar-refractivity contribution >= 4 is 29.3 Å². The summed E-state index contributed by atoms with van der Waals surface area (Å²) in [5, 5.41) is 9.77. The van der Waals surface area contributed by atoms with Gasteiger partial charge >= 0.3 is 5.97 Å². The quantitative estimate of drug-likeness (QED) is 0.392. The predicted molar refractivity (Wildman–Crippen MR) is 115 cm³/mol. The highest BCUT2D eigenvalue weighted by Gasteiger charge is 2.17. The van der Waals surface area contributed by atoms with Crippen LogP contribution in [0, 0.1) is 6.92 Å². The largest absolute Gasteiger partial charge is 0.480 e. The molecule has 2 aromatic heterocycles. The third-order valence-electron chi connectivity index (χ3n) is 4.42. The van der Waals surface area contributed by atoms with Gasteiger partial charge in [-0.2, -0.15) is 0 Å². The van der Waals surface area contributed by atoms with Crippen molar-refractivity contribution in [2.24, 2.45) is 0 Å². The standard InChI is InChI=1S/C22H21ClN2O2S/c1-14(2)28-20-7-5-4-6-17(20)10-18-11-19(16-8-9-24-21(23)12-16)25(15(18)3)13-22(26)27/h4-9,11-12H,1,10,13H2,2-3H3,(H,26,27). The minimum Gasteiger partial charge on any atom is -0.480 e. The highest BCUT2D eigenvalue weighted by Crippen LogP contribution is 2.33. The number of benzene rings is 1. The molecular weight excluding hydrogens is 392 g/mol. The minimum absolute atomic E-state index is 0.108. The summed E-state index contributed by atoms with van der Waals surface area (Å²) < 4.78 is 1.82. The summed E-state index contributed by atoms with van der Waals surface area (Å²) in [4.78, 5) is 17.7. The van der Waals surface area contributed by atoms with Crippen LogP contribution in [0.5, 0.6) is 0 Å². The molecule has 0 unspecified atom stereocenters. The molecule has 0 amide bonds. The molecule has 0 aliphatic heterocycles. The first-order chi connectivity index (χ1) is 13.3. The third-order valence-corrected chi connectivity index (χ3v) is 5.60.